The minimum atomic E-state index is -4.41. The highest BCUT2D eigenvalue weighted by molar-refractivity contribution is 6.22. The molecule has 0 heterocycles. The molecule has 20 heavy (non-hydrogen) atoms. The first-order valence-electron chi connectivity index (χ1n) is 5.91. The maximum absolute atomic E-state index is 12.4. The topological polar surface area (TPSA) is 54.4 Å². The zero-order chi connectivity index (χ0) is 14.9. The van der Waals surface area contributed by atoms with Crippen LogP contribution in [-0.4, -0.2) is 16.7 Å². The Morgan fingerprint density at radius 3 is 1.95 bits per heavy atom. The summed E-state index contributed by atoms with van der Waals surface area (Å²) in [6.45, 7) is 0. The maximum Gasteiger partial charge on any atom is 0.416 e. The van der Waals surface area contributed by atoms with Crippen LogP contribution in [0.3, 0.4) is 0 Å². The molecule has 0 unspecified atom stereocenters. The molecule has 0 aliphatic heterocycles. The Kier molecular flexibility index (Phi) is 3.65. The predicted molar refractivity (Wildman–Crippen MR) is 64.1 cm³/mol. The zero-order valence-electron chi connectivity index (χ0n) is 10.3. The van der Waals surface area contributed by atoms with Gasteiger partial charge in [-0.25, -0.2) is 0 Å². The molecule has 0 atom stereocenters. The van der Waals surface area contributed by atoms with E-state index in [1.54, 1.807) is 0 Å². The summed E-state index contributed by atoms with van der Waals surface area (Å²) in [5.74, 6) is -1.43. The van der Waals surface area contributed by atoms with Crippen LogP contribution in [0.25, 0.3) is 0 Å². The molecule has 0 radical (unpaired) electrons. The molecule has 0 amide bonds. The Morgan fingerprint density at radius 2 is 1.55 bits per heavy atom. The van der Waals surface area contributed by atoms with Crippen LogP contribution < -0.4 is 0 Å². The number of carbonyl (C=O) groups is 2. The van der Waals surface area contributed by atoms with Gasteiger partial charge in [-0.1, -0.05) is 12.1 Å². The van der Waals surface area contributed by atoms with Gasteiger partial charge < -0.3 is 5.11 Å². The number of ketones is 2. The van der Waals surface area contributed by atoms with Crippen molar-refractivity contribution in [3.8, 4) is 0 Å². The van der Waals surface area contributed by atoms with Gasteiger partial charge in [0.1, 0.15) is 0 Å². The van der Waals surface area contributed by atoms with Gasteiger partial charge >= 0.3 is 6.18 Å². The van der Waals surface area contributed by atoms with Crippen LogP contribution in [0.5, 0.6) is 0 Å². The van der Waals surface area contributed by atoms with Crippen molar-refractivity contribution in [2.45, 2.75) is 24.9 Å². The van der Waals surface area contributed by atoms with Crippen LogP contribution in [0, 0.1) is 0 Å². The molecule has 3 nitrogen and oxygen atoms in total. The third-order valence-electron chi connectivity index (χ3n) is 3.30. The van der Waals surface area contributed by atoms with Crippen LogP contribution in [0.4, 0.5) is 13.2 Å². The maximum atomic E-state index is 12.4. The smallest absolute Gasteiger partial charge is 0.416 e. The van der Waals surface area contributed by atoms with Gasteiger partial charge in [-0.2, -0.15) is 13.2 Å². The van der Waals surface area contributed by atoms with E-state index < -0.39 is 29.2 Å². The first-order chi connectivity index (χ1) is 9.32. The second-order valence-corrected chi connectivity index (χ2v) is 4.61. The summed E-state index contributed by atoms with van der Waals surface area (Å²) < 4.78 is 37.3. The summed E-state index contributed by atoms with van der Waals surface area (Å²) in [5, 5.41) is 8.79. The Balaban J connectivity index is 2.22. The molecule has 0 spiro atoms. The van der Waals surface area contributed by atoms with Crippen LogP contribution in [0.1, 0.15) is 29.9 Å². The molecule has 1 aliphatic rings. The molecule has 1 aliphatic carbocycles. The van der Waals surface area contributed by atoms with Crippen molar-refractivity contribution >= 4 is 11.6 Å². The molecule has 6 heteroatoms. The molecule has 2 rings (SSSR count). The summed E-state index contributed by atoms with van der Waals surface area (Å²) >= 11 is 0. The first-order valence-corrected chi connectivity index (χ1v) is 5.91. The normalized spacial score (nSPS) is 20.1. The van der Waals surface area contributed by atoms with Gasteiger partial charge in [-0.05, 0) is 23.6 Å². The largest absolute Gasteiger partial charge is 0.515 e. The van der Waals surface area contributed by atoms with Gasteiger partial charge in [0, 0.05) is 12.8 Å². The number of aliphatic hydroxyl groups is 1. The quantitative estimate of drug-likeness (QED) is 0.489. The van der Waals surface area contributed by atoms with E-state index in [-0.39, 0.29) is 18.4 Å². The minimum absolute atomic E-state index is 0.00347. The van der Waals surface area contributed by atoms with E-state index in [9.17, 15) is 22.8 Å². The van der Waals surface area contributed by atoms with E-state index in [1.165, 1.54) is 12.1 Å². The average Bonchev–Trinajstić information content (AvgIpc) is 2.37. The van der Waals surface area contributed by atoms with Crippen LogP contribution in [0.2, 0.25) is 0 Å². The van der Waals surface area contributed by atoms with Gasteiger partial charge in [0.05, 0.1) is 17.4 Å². The number of benzene rings is 1. The zero-order valence-corrected chi connectivity index (χ0v) is 10.3. The number of hydrogen-bond acceptors (Lipinski definition) is 3. The van der Waals surface area contributed by atoms with Crippen molar-refractivity contribution in [2.24, 2.45) is 0 Å². The lowest BCUT2D eigenvalue weighted by Crippen LogP contribution is -2.24. The molecular formula is C14H11F3O3. The van der Waals surface area contributed by atoms with E-state index in [1.807, 2.05) is 0 Å². The highest BCUT2D eigenvalue weighted by Gasteiger charge is 2.33. The van der Waals surface area contributed by atoms with Crippen molar-refractivity contribution < 1.29 is 27.9 Å². The number of alkyl halides is 3. The van der Waals surface area contributed by atoms with Crippen molar-refractivity contribution in [1.29, 1.82) is 0 Å². The van der Waals surface area contributed by atoms with Crippen molar-refractivity contribution in [1.82, 2.24) is 0 Å². The number of allylic oxidation sites excluding steroid dienone is 1. The molecule has 1 fully saturated rings. The van der Waals surface area contributed by atoms with E-state index in [2.05, 4.69) is 0 Å². The molecule has 1 saturated carbocycles. The second kappa shape index (κ2) is 5.11. The van der Waals surface area contributed by atoms with Gasteiger partial charge in [0.2, 0.25) is 0 Å². The predicted octanol–water partition coefficient (Wildman–Crippen LogP) is 3.16. The second-order valence-electron chi connectivity index (χ2n) is 4.61. The van der Waals surface area contributed by atoms with Crippen LogP contribution >= 0.6 is 0 Å². The Bertz CT molecular complexity index is 550. The molecule has 1 aromatic carbocycles. The number of aliphatic hydroxyl groups excluding tert-OH is 1. The molecule has 0 bridgehead atoms. The van der Waals surface area contributed by atoms with Gasteiger partial charge in [-0.15, -0.1) is 0 Å². The molecule has 106 valence electrons. The number of hydrogen-bond donors (Lipinski definition) is 1. The fourth-order valence-corrected chi connectivity index (χ4v) is 2.22. The van der Waals surface area contributed by atoms with E-state index in [0.717, 1.165) is 12.1 Å². The Morgan fingerprint density at radius 1 is 1.05 bits per heavy atom. The van der Waals surface area contributed by atoms with Crippen LogP contribution in [0.15, 0.2) is 36.1 Å². The highest BCUT2D eigenvalue weighted by Crippen LogP contribution is 2.34. The lowest BCUT2D eigenvalue weighted by atomic mass is 9.80. The van der Waals surface area contributed by atoms with Crippen molar-refractivity contribution in [3.63, 3.8) is 0 Å². The van der Waals surface area contributed by atoms with E-state index >= 15 is 0 Å². The summed E-state index contributed by atoms with van der Waals surface area (Å²) in [4.78, 5) is 23.2. The summed E-state index contributed by atoms with van der Waals surface area (Å²) in [5.41, 5.74) is -0.504. The third kappa shape index (κ3) is 2.74. The highest BCUT2D eigenvalue weighted by atomic mass is 19.4. The summed E-state index contributed by atoms with van der Waals surface area (Å²) in [6.07, 6.45) is -3.91. The monoisotopic (exact) mass is 284 g/mol. The third-order valence-corrected chi connectivity index (χ3v) is 3.30. The lowest BCUT2D eigenvalue weighted by molar-refractivity contribution is -0.137. The summed E-state index contributed by atoms with van der Waals surface area (Å²) in [7, 11) is 0. The fourth-order valence-electron chi connectivity index (χ4n) is 2.22. The first kappa shape index (κ1) is 14.3. The standard InChI is InChI=1S/C14H11F3O3/c15-14(16,17)10-3-1-8(2-4-10)9-5-12(19)11(7-18)13(20)6-9/h1-4,7,9,18H,5-6H2. The van der Waals surface area contributed by atoms with E-state index in [4.69, 9.17) is 5.11 Å². The summed E-state index contributed by atoms with van der Waals surface area (Å²) in [6, 6.07) is 4.42. The fraction of sp³-hybridized carbons (Fsp3) is 0.286. The molecular weight excluding hydrogens is 273 g/mol. The van der Waals surface area contributed by atoms with Crippen molar-refractivity contribution in [3.05, 3.63) is 47.2 Å². The van der Waals surface area contributed by atoms with Gasteiger partial charge in [0.15, 0.2) is 11.6 Å². The number of carbonyl (C=O) groups excluding carboxylic acids is 2. The molecule has 1 aromatic rings. The SMILES string of the molecule is O=C1CC(c2ccc(C(F)(F)F)cc2)CC(=O)C1=CO. The Labute approximate surface area is 112 Å². The molecule has 0 saturated heterocycles. The van der Waals surface area contributed by atoms with Crippen LogP contribution in [-0.2, 0) is 15.8 Å². The number of rotatable bonds is 1. The van der Waals surface area contributed by atoms with Gasteiger partial charge in [0.25, 0.3) is 0 Å². The molecule has 0 aromatic heterocycles. The minimum Gasteiger partial charge on any atom is -0.515 e. The van der Waals surface area contributed by atoms with E-state index in [0.29, 0.717) is 11.8 Å². The average molecular weight is 284 g/mol. The number of halogens is 3. The van der Waals surface area contributed by atoms with Crippen molar-refractivity contribution in [2.75, 3.05) is 0 Å². The molecule has 1 N–H and O–H groups in total. The lowest BCUT2D eigenvalue weighted by Gasteiger charge is -2.22. The Hall–Kier alpha value is -2.11. The van der Waals surface area contributed by atoms with Gasteiger partial charge in [-0.3, -0.25) is 9.59 Å². The number of Topliss-reactive ketones (excluding diaryl/α,β-unsaturated/α-hetero) is 2.